The molecular formula is C12H13N3OS. The van der Waals surface area contributed by atoms with Crippen LogP contribution in [-0.4, -0.2) is 36.3 Å². The smallest absolute Gasteiger partial charge is 0.186 e. The number of anilines is 1. The van der Waals surface area contributed by atoms with Crippen molar-refractivity contribution < 1.29 is 4.74 Å². The maximum atomic E-state index is 5.34. The second-order valence-electron chi connectivity index (χ2n) is 3.83. The van der Waals surface area contributed by atoms with Gasteiger partial charge in [0.25, 0.3) is 0 Å². The summed E-state index contributed by atoms with van der Waals surface area (Å²) in [4.78, 5) is 11.2. The van der Waals surface area contributed by atoms with Crippen LogP contribution in [0.15, 0.2) is 29.8 Å². The second kappa shape index (κ2) is 4.81. The van der Waals surface area contributed by atoms with Gasteiger partial charge in [-0.1, -0.05) is 6.07 Å². The van der Waals surface area contributed by atoms with Crippen LogP contribution >= 0.6 is 11.3 Å². The van der Waals surface area contributed by atoms with Crippen LogP contribution < -0.4 is 4.90 Å². The van der Waals surface area contributed by atoms with Gasteiger partial charge < -0.3 is 9.64 Å². The van der Waals surface area contributed by atoms with Crippen molar-refractivity contribution in [2.24, 2.45) is 0 Å². The molecule has 0 radical (unpaired) electrons. The summed E-state index contributed by atoms with van der Waals surface area (Å²) < 4.78 is 5.34. The van der Waals surface area contributed by atoms with E-state index in [9.17, 15) is 0 Å². The van der Waals surface area contributed by atoms with E-state index in [2.05, 4.69) is 20.2 Å². The summed E-state index contributed by atoms with van der Waals surface area (Å²) in [6.45, 7) is 3.43. The molecule has 0 bridgehead atoms. The largest absolute Gasteiger partial charge is 0.378 e. The molecule has 4 nitrogen and oxygen atoms in total. The lowest BCUT2D eigenvalue weighted by molar-refractivity contribution is 0.122. The minimum absolute atomic E-state index is 0.790. The highest BCUT2D eigenvalue weighted by Crippen LogP contribution is 2.26. The van der Waals surface area contributed by atoms with Crippen molar-refractivity contribution in [1.29, 1.82) is 0 Å². The van der Waals surface area contributed by atoms with Gasteiger partial charge in [0, 0.05) is 24.7 Å². The predicted octanol–water partition coefficient (Wildman–Crippen LogP) is 2.04. The molecule has 3 heterocycles. The minimum atomic E-state index is 0.790. The second-order valence-corrected chi connectivity index (χ2v) is 4.67. The van der Waals surface area contributed by atoms with Crippen LogP contribution in [0.1, 0.15) is 0 Å². The monoisotopic (exact) mass is 247 g/mol. The van der Waals surface area contributed by atoms with Crippen LogP contribution in [0.3, 0.4) is 0 Å². The van der Waals surface area contributed by atoms with E-state index < -0.39 is 0 Å². The number of hydrogen-bond acceptors (Lipinski definition) is 5. The summed E-state index contributed by atoms with van der Waals surface area (Å²) in [5.74, 6) is 0. The van der Waals surface area contributed by atoms with Gasteiger partial charge in [0.15, 0.2) is 5.13 Å². The summed E-state index contributed by atoms with van der Waals surface area (Å²) in [5.41, 5.74) is 1.89. The molecule has 0 aliphatic carbocycles. The van der Waals surface area contributed by atoms with E-state index in [1.807, 2.05) is 18.2 Å². The first-order valence-corrected chi connectivity index (χ1v) is 6.51. The number of pyridine rings is 1. The van der Waals surface area contributed by atoms with E-state index in [1.54, 1.807) is 17.5 Å². The molecule has 0 amide bonds. The average Bonchev–Trinajstić information content (AvgIpc) is 2.90. The lowest BCUT2D eigenvalue weighted by Crippen LogP contribution is -2.36. The molecule has 2 aromatic rings. The fourth-order valence-electron chi connectivity index (χ4n) is 1.80. The van der Waals surface area contributed by atoms with Gasteiger partial charge in [-0.3, -0.25) is 4.98 Å². The van der Waals surface area contributed by atoms with E-state index in [4.69, 9.17) is 4.74 Å². The van der Waals surface area contributed by atoms with Crippen LogP contribution in [0.4, 0.5) is 5.13 Å². The third kappa shape index (κ3) is 2.30. The lowest BCUT2D eigenvalue weighted by Gasteiger charge is -2.25. The molecular weight excluding hydrogens is 234 g/mol. The fourth-order valence-corrected chi connectivity index (χ4v) is 2.67. The SMILES string of the molecule is c1ccc(-c2csc(N3CCOCC3)n2)nc1. The van der Waals surface area contributed by atoms with Crippen LogP contribution in [0.25, 0.3) is 11.4 Å². The summed E-state index contributed by atoms with van der Waals surface area (Å²) in [6, 6.07) is 5.88. The summed E-state index contributed by atoms with van der Waals surface area (Å²) in [5, 5.41) is 3.13. The topological polar surface area (TPSA) is 38.2 Å². The molecule has 1 aliphatic rings. The van der Waals surface area contributed by atoms with Crippen LogP contribution in [0.2, 0.25) is 0 Å². The molecule has 5 heteroatoms. The predicted molar refractivity (Wildman–Crippen MR) is 68.4 cm³/mol. The Morgan fingerprint density at radius 1 is 1.18 bits per heavy atom. The first-order chi connectivity index (χ1) is 8.43. The molecule has 0 saturated carbocycles. The number of aromatic nitrogens is 2. The van der Waals surface area contributed by atoms with Gasteiger partial charge in [-0.15, -0.1) is 11.3 Å². The van der Waals surface area contributed by atoms with E-state index >= 15 is 0 Å². The highest BCUT2D eigenvalue weighted by Gasteiger charge is 2.15. The van der Waals surface area contributed by atoms with Gasteiger partial charge in [0.2, 0.25) is 0 Å². The Hall–Kier alpha value is -1.46. The molecule has 3 rings (SSSR count). The van der Waals surface area contributed by atoms with Crippen molar-refractivity contribution in [2.45, 2.75) is 0 Å². The third-order valence-corrected chi connectivity index (χ3v) is 3.60. The Morgan fingerprint density at radius 2 is 2.06 bits per heavy atom. The summed E-state index contributed by atoms with van der Waals surface area (Å²) in [7, 11) is 0. The zero-order valence-electron chi connectivity index (χ0n) is 9.37. The molecule has 0 unspecified atom stereocenters. The highest BCUT2D eigenvalue weighted by molar-refractivity contribution is 7.14. The van der Waals surface area contributed by atoms with Crippen molar-refractivity contribution in [3.63, 3.8) is 0 Å². The van der Waals surface area contributed by atoms with E-state index in [1.165, 1.54) is 0 Å². The molecule has 17 heavy (non-hydrogen) atoms. The van der Waals surface area contributed by atoms with Crippen molar-refractivity contribution in [2.75, 3.05) is 31.2 Å². The van der Waals surface area contributed by atoms with Crippen LogP contribution in [0.5, 0.6) is 0 Å². The molecule has 0 N–H and O–H groups in total. The lowest BCUT2D eigenvalue weighted by atomic mass is 10.3. The molecule has 0 atom stereocenters. The van der Waals surface area contributed by atoms with E-state index in [0.29, 0.717) is 0 Å². The average molecular weight is 247 g/mol. The number of nitrogens with zero attached hydrogens (tertiary/aromatic N) is 3. The number of hydrogen-bond donors (Lipinski definition) is 0. The first kappa shape index (κ1) is 10.7. The zero-order valence-corrected chi connectivity index (χ0v) is 10.2. The minimum Gasteiger partial charge on any atom is -0.378 e. The van der Waals surface area contributed by atoms with Gasteiger partial charge in [0.1, 0.15) is 5.69 Å². The molecule has 88 valence electrons. The quantitative estimate of drug-likeness (QED) is 0.814. The van der Waals surface area contributed by atoms with Crippen molar-refractivity contribution in [3.8, 4) is 11.4 Å². The molecule has 0 aromatic carbocycles. The Labute approximate surface area is 104 Å². The number of morpholine rings is 1. The molecule has 1 fully saturated rings. The molecule has 2 aromatic heterocycles. The van der Waals surface area contributed by atoms with Crippen LogP contribution in [0, 0.1) is 0 Å². The molecule has 1 aliphatic heterocycles. The Balaban J connectivity index is 1.83. The van der Waals surface area contributed by atoms with Crippen molar-refractivity contribution in [3.05, 3.63) is 29.8 Å². The van der Waals surface area contributed by atoms with E-state index in [-0.39, 0.29) is 0 Å². The van der Waals surface area contributed by atoms with Gasteiger partial charge in [0.05, 0.1) is 18.9 Å². The van der Waals surface area contributed by atoms with Gasteiger partial charge in [-0.05, 0) is 12.1 Å². The highest BCUT2D eigenvalue weighted by atomic mass is 32.1. The van der Waals surface area contributed by atoms with E-state index in [0.717, 1.165) is 42.8 Å². The zero-order chi connectivity index (χ0) is 11.5. The number of ether oxygens (including phenoxy) is 1. The summed E-state index contributed by atoms with van der Waals surface area (Å²) >= 11 is 1.67. The third-order valence-electron chi connectivity index (χ3n) is 2.70. The normalized spacial score (nSPS) is 16.1. The Morgan fingerprint density at radius 3 is 2.82 bits per heavy atom. The maximum absolute atomic E-state index is 5.34. The maximum Gasteiger partial charge on any atom is 0.186 e. The van der Waals surface area contributed by atoms with Gasteiger partial charge >= 0.3 is 0 Å². The van der Waals surface area contributed by atoms with Gasteiger partial charge in [-0.25, -0.2) is 4.98 Å². The first-order valence-electron chi connectivity index (χ1n) is 5.63. The Bertz CT molecular complexity index is 480. The molecule has 0 spiro atoms. The van der Waals surface area contributed by atoms with Crippen LogP contribution in [-0.2, 0) is 4.74 Å². The standard InChI is InChI=1S/C12H13N3OS/c1-2-4-13-10(3-1)11-9-17-12(14-11)15-5-7-16-8-6-15/h1-4,9H,5-8H2. The molecule has 1 saturated heterocycles. The fraction of sp³-hybridized carbons (Fsp3) is 0.333. The Kier molecular flexibility index (Phi) is 3.02. The number of rotatable bonds is 2. The van der Waals surface area contributed by atoms with Gasteiger partial charge in [-0.2, -0.15) is 0 Å². The van der Waals surface area contributed by atoms with Crippen molar-refractivity contribution >= 4 is 16.5 Å². The summed E-state index contributed by atoms with van der Waals surface area (Å²) in [6.07, 6.45) is 1.79. The van der Waals surface area contributed by atoms with Crippen molar-refractivity contribution in [1.82, 2.24) is 9.97 Å². The number of thiazole rings is 1.